The van der Waals surface area contributed by atoms with Gasteiger partial charge in [-0.05, 0) is 69.0 Å². The molecule has 0 aromatic heterocycles. The van der Waals surface area contributed by atoms with Crippen molar-refractivity contribution in [2.45, 2.75) is 83.3 Å². The number of hydrogen-bond donors (Lipinski definition) is 0. The Bertz CT molecular complexity index is 2120. The van der Waals surface area contributed by atoms with Crippen molar-refractivity contribution in [2.24, 2.45) is 0 Å². The Kier molecular flexibility index (Phi) is 15.9. The third-order valence-corrected chi connectivity index (χ3v) is 11.0. The fourth-order valence-corrected chi connectivity index (χ4v) is 7.76. The summed E-state index contributed by atoms with van der Waals surface area (Å²) in [5.41, 5.74) is 8.84. The van der Waals surface area contributed by atoms with Crippen molar-refractivity contribution in [3.8, 4) is 0 Å². The van der Waals surface area contributed by atoms with E-state index < -0.39 is 37.4 Å². The molecule has 0 spiro atoms. The highest BCUT2D eigenvalue weighted by atomic mass is 35.5. The first kappa shape index (κ1) is 42.4. The molecule has 0 bridgehead atoms. The first-order valence-corrected chi connectivity index (χ1v) is 20.7. The van der Waals surface area contributed by atoms with Gasteiger partial charge >= 0.3 is 0 Å². The predicted octanol–water partition coefficient (Wildman–Crippen LogP) is 11.3. The van der Waals surface area contributed by atoms with Crippen LogP contribution in [0.25, 0.3) is 0 Å². The molecular formula is C51H52ClFO6. The maximum absolute atomic E-state index is 13.7. The fraction of sp³-hybridized carbons (Fsp3) is 0.294. The Morgan fingerprint density at radius 2 is 1.00 bits per heavy atom. The average molecular weight is 815 g/mol. The second kappa shape index (κ2) is 22.1. The minimum Gasteiger partial charge on any atom is -0.374 e. The smallest absolute Gasteiger partial charge is 0.188 e. The standard InChI is InChI=1S/C51H52ClFO6/c1-2-37-23-25-38(26-24-37)27-43-28-45(44(29-46(43)52)34-55-36-53)48-50(57-32-41-19-11-5-12-20-41)51(58-33-42-21-13-6-14-22-42)49(56-31-40-17-9-4-10-18-40)47(59-48)35-54-30-39-15-7-3-8-16-39/h3-26,28-29,47-51H,2,27,30-36H2,1H3/t47-,48+,49-,50+,51+/m1/s1. The van der Waals surface area contributed by atoms with Crippen molar-refractivity contribution >= 4 is 11.6 Å². The van der Waals surface area contributed by atoms with Crippen molar-refractivity contribution in [3.05, 3.63) is 213 Å². The third kappa shape index (κ3) is 12.0. The summed E-state index contributed by atoms with van der Waals surface area (Å²) in [6.07, 6.45) is -1.70. The molecule has 0 aliphatic carbocycles. The molecule has 306 valence electrons. The molecule has 0 N–H and O–H groups in total. The van der Waals surface area contributed by atoms with E-state index in [1.807, 2.05) is 127 Å². The lowest BCUT2D eigenvalue weighted by Gasteiger charge is -2.47. The highest BCUT2D eigenvalue weighted by molar-refractivity contribution is 6.31. The summed E-state index contributed by atoms with van der Waals surface area (Å²) in [7, 11) is 0. The molecule has 5 atom stereocenters. The van der Waals surface area contributed by atoms with Gasteiger partial charge in [0.2, 0.25) is 0 Å². The number of benzene rings is 6. The van der Waals surface area contributed by atoms with Crippen molar-refractivity contribution in [2.75, 3.05) is 13.5 Å². The van der Waals surface area contributed by atoms with E-state index in [0.29, 0.717) is 36.8 Å². The van der Waals surface area contributed by atoms with Gasteiger partial charge in [-0.3, -0.25) is 0 Å². The van der Waals surface area contributed by atoms with Gasteiger partial charge in [-0.25, -0.2) is 4.39 Å². The molecule has 1 heterocycles. The minimum atomic E-state index is -0.948. The van der Waals surface area contributed by atoms with Crippen molar-refractivity contribution in [1.29, 1.82) is 0 Å². The summed E-state index contributed by atoms with van der Waals surface area (Å²) >= 11 is 7.04. The molecule has 0 unspecified atom stereocenters. The van der Waals surface area contributed by atoms with Crippen LogP contribution in [-0.2, 0) is 74.3 Å². The number of aryl methyl sites for hydroxylation is 1. The van der Waals surface area contributed by atoms with Crippen molar-refractivity contribution < 1.29 is 32.8 Å². The van der Waals surface area contributed by atoms with Crippen LogP contribution in [0.15, 0.2) is 158 Å². The first-order valence-electron chi connectivity index (χ1n) is 20.3. The Labute approximate surface area is 352 Å². The normalized spacial score (nSPS) is 19.1. The summed E-state index contributed by atoms with van der Waals surface area (Å²) < 4.78 is 53.7. The average Bonchev–Trinajstić information content (AvgIpc) is 3.29. The predicted molar refractivity (Wildman–Crippen MR) is 230 cm³/mol. The monoisotopic (exact) mass is 814 g/mol. The van der Waals surface area contributed by atoms with Gasteiger partial charge in [-0.15, -0.1) is 0 Å². The number of ether oxygens (including phenoxy) is 6. The highest BCUT2D eigenvalue weighted by Gasteiger charge is 2.49. The summed E-state index contributed by atoms with van der Waals surface area (Å²) in [4.78, 5) is 0. The number of halogens is 2. The van der Waals surface area contributed by atoms with Gasteiger partial charge < -0.3 is 28.4 Å². The second-order valence-corrected chi connectivity index (χ2v) is 15.2. The Morgan fingerprint density at radius 3 is 1.53 bits per heavy atom. The van der Waals surface area contributed by atoms with Gasteiger partial charge in [0.1, 0.15) is 30.5 Å². The van der Waals surface area contributed by atoms with E-state index in [1.165, 1.54) is 5.56 Å². The van der Waals surface area contributed by atoms with E-state index in [2.05, 4.69) is 37.3 Å². The number of hydrogen-bond acceptors (Lipinski definition) is 6. The van der Waals surface area contributed by atoms with E-state index in [0.717, 1.165) is 45.4 Å². The molecule has 1 fully saturated rings. The molecule has 0 saturated carbocycles. The SMILES string of the molecule is CCc1ccc(Cc2cc([C@@H]3O[C@H](COCc4ccccc4)[C@@H](OCc4ccccc4)[C@H](OCc4ccccc4)[C@H]3OCc3ccccc3)c(COCF)cc2Cl)cc1. The fourth-order valence-electron chi connectivity index (χ4n) is 7.50. The molecule has 7 rings (SSSR count). The van der Waals surface area contributed by atoms with Gasteiger partial charge in [0.25, 0.3) is 0 Å². The van der Waals surface area contributed by atoms with Crippen molar-refractivity contribution in [1.82, 2.24) is 0 Å². The zero-order valence-corrected chi connectivity index (χ0v) is 34.2. The summed E-state index contributed by atoms with van der Waals surface area (Å²) in [6, 6.07) is 52.8. The topological polar surface area (TPSA) is 55.4 Å². The van der Waals surface area contributed by atoms with Gasteiger partial charge in [0, 0.05) is 5.02 Å². The van der Waals surface area contributed by atoms with Crippen LogP contribution in [0.5, 0.6) is 0 Å². The largest absolute Gasteiger partial charge is 0.374 e. The molecule has 0 amide bonds. The second-order valence-electron chi connectivity index (χ2n) is 14.8. The van der Waals surface area contributed by atoms with Gasteiger partial charge in [0.05, 0.1) is 39.6 Å². The van der Waals surface area contributed by atoms with Gasteiger partial charge in [0.15, 0.2) is 6.86 Å². The Morgan fingerprint density at radius 1 is 0.508 bits per heavy atom. The first-order chi connectivity index (χ1) is 29.1. The van der Waals surface area contributed by atoms with Crippen LogP contribution in [0.4, 0.5) is 4.39 Å². The molecule has 1 saturated heterocycles. The van der Waals surface area contributed by atoms with Crippen LogP contribution in [0, 0.1) is 0 Å². The van der Waals surface area contributed by atoms with Crippen LogP contribution in [-0.4, -0.2) is 37.9 Å². The van der Waals surface area contributed by atoms with Gasteiger partial charge in [-0.2, -0.15) is 0 Å². The summed E-state index contributed by atoms with van der Waals surface area (Å²) in [5, 5.41) is 0.562. The van der Waals surface area contributed by atoms with E-state index in [-0.39, 0.29) is 19.8 Å². The minimum absolute atomic E-state index is 0.0130. The molecule has 0 radical (unpaired) electrons. The Hall–Kier alpha value is -4.70. The molecular weight excluding hydrogens is 763 g/mol. The maximum Gasteiger partial charge on any atom is 0.188 e. The van der Waals surface area contributed by atoms with Crippen molar-refractivity contribution in [3.63, 3.8) is 0 Å². The van der Waals surface area contributed by atoms with Crippen LogP contribution >= 0.6 is 11.6 Å². The molecule has 8 heteroatoms. The lowest BCUT2D eigenvalue weighted by Crippen LogP contribution is -2.58. The maximum atomic E-state index is 13.7. The lowest BCUT2D eigenvalue weighted by molar-refractivity contribution is -0.275. The van der Waals surface area contributed by atoms with Crippen LogP contribution in [0.1, 0.15) is 63.1 Å². The lowest BCUT2D eigenvalue weighted by atomic mass is 9.87. The van der Waals surface area contributed by atoms with Crippen LogP contribution < -0.4 is 0 Å². The van der Waals surface area contributed by atoms with Gasteiger partial charge in [-0.1, -0.05) is 170 Å². The third-order valence-electron chi connectivity index (χ3n) is 10.7. The zero-order valence-electron chi connectivity index (χ0n) is 33.5. The Balaban J connectivity index is 1.31. The quantitative estimate of drug-likeness (QED) is 0.0765. The zero-order chi connectivity index (χ0) is 40.7. The van der Waals surface area contributed by atoms with E-state index in [9.17, 15) is 4.39 Å². The molecule has 6 aromatic carbocycles. The molecule has 1 aliphatic rings. The molecule has 6 aromatic rings. The molecule has 6 nitrogen and oxygen atoms in total. The molecule has 1 aliphatic heterocycles. The number of alkyl halides is 1. The summed E-state index contributed by atoms with van der Waals surface area (Å²) in [6.45, 7) is 2.70. The highest BCUT2D eigenvalue weighted by Crippen LogP contribution is 2.41. The van der Waals surface area contributed by atoms with E-state index in [1.54, 1.807) is 0 Å². The molecule has 59 heavy (non-hydrogen) atoms. The van der Waals surface area contributed by atoms with E-state index >= 15 is 0 Å². The van der Waals surface area contributed by atoms with E-state index in [4.69, 9.17) is 40.0 Å². The summed E-state index contributed by atoms with van der Waals surface area (Å²) in [5.74, 6) is 0. The van der Waals surface area contributed by atoms with Crippen LogP contribution in [0.3, 0.4) is 0 Å². The number of rotatable bonds is 20. The van der Waals surface area contributed by atoms with Crippen LogP contribution in [0.2, 0.25) is 5.02 Å².